The molecule has 2 aromatic rings. The van der Waals surface area contributed by atoms with Gasteiger partial charge < -0.3 is 10.4 Å². The van der Waals surface area contributed by atoms with Crippen molar-refractivity contribution in [3.8, 4) is 5.75 Å². The van der Waals surface area contributed by atoms with Gasteiger partial charge in [0.25, 0.3) is 0 Å². The summed E-state index contributed by atoms with van der Waals surface area (Å²) in [4.78, 5) is 16.1. The number of aromatic nitrogens is 1. The molecule has 0 bridgehead atoms. The molecule has 30 heavy (non-hydrogen) atoms. The van der Waals surface area contributed by atoms with Crippen LogP contribution in [0.25, 0.3) is 0 Å². The van der Waals surface area contributed by atoms with E-state index in [9.17, 15) is 9.90 Å². The van der Waals surface area contributed by atoms with Crippen molar-refractivity contribution in [3.63, 3.8) is 0 Å². The van der Waals surface area contributed by atoms with E-state index in [1.807, 2.05) is 0 Å². The van der Waals surface area contributed by atoms with E-state index in [4.69, 9.17) is 11.6 Å². The fourth-order valence-electron chi connectivity index (χ4n) is 3.19. The van der Waals surface area contributed by atoms with Gasteiger partial charge in [-0.25, -0.2) is 4.98 Å². The minimum absolute atomic E-state index is 0.0791. The number of thioether (sulfide) groups is 1. The minimum Gasteiger partial charge on any atom is -0.507 e. The van der Waals surface area contributed by atoms with Gasteiger partial charge in [-0.2, -0.15) is 11.8 Å². The van der Waals surface area contributed by atoms with Crippen LogP contribution in [0, 0.1) is 0 Å². The standard InChI is InChI=1S/C24H33ClN2O2S/c1-23(2,3)17-13-16(14-18(21(17)29)24(4,5)6)9-8-12-30-15-20(28)27-19-10-7-11-26-22(19)25/h7,10-11,13-14,29H,8-9,12,15H2,1-6H3,(H,27,28). The van der Waals surface area contributed by atoms with E-state index in [-0.39, 0.29) is 16.7 Å². The second-order valence-corrected chi connectivity index (χ2v) is 11.0. The van der Waals surface area contributed by atoms with Crippen LogP contribution in [0.1, 0.15) is 64.7 Å². The predicted molar refractivity (Wildman–Crippen MR) is 129 cm³/mol. The molecule has 0 atom stereocenters. The summed E-state index contributed by atoms with van der Waals surface area (Å²) < 4.78 is 0. The molecule has 0 saturated heterocycles. The van der Waals surface area contributed by atoms with Gasteiger partial charge in [0.2, 0.25) is 5.91 Å². The average Bonchev–Trinajstić information content (AvgIpc) is 2.62. The molecule has 164 valence electrons. The lowest BCUT2D eigenvalue weighted by Gasteiger charge is -2.28. The lowest BCUT2D eigenvalue weighted by atomic mass is 9.78. The Bertz CT molecular complexity index is 851. The normalized spacial score (nSPS) is 12.1. The molecule has 0 saturated carbocycles. The number of carbonyl (C=O) groups is 1. The summed E-state index contributed by atoms with van der Waals surface area (Å²) in [5.74, 6) is 1.59. The van der Waals surface area contributed by atoms with Gasteiger partial charge in [0.05, 0.1) is 11.4 Å². The van der Waals surface area contributed by atoms with Gasteiger partial charge in [-0.15, -0.1) is 0 Å². The number of hydrogen-bond donors (Lipinski definition) is 2. The molecular weight excluding hydrogens is 416 g/mol. The number of benzene rings is 1. The Morgan fingerprint density at radius 1 is 1.13 bits per heavy atom. The first-order chi connectivity index (χ1) is 13.9. The molecule has 1 aromatic carbocycles. The number of pyridine rings is 1. The molecule has 0 spiro atoms. The fraction of sp³-hybridized carbons (Fsp3) is 0.500. The molecule has 0 aliphatic heterocycles. The first kappa shape index (κ1) is 24.5. The van der Waals surface area contributed by atoms with E-state index >= 15 is 0 Å². The molecule has 0 aliphatic rings. The highest BCUT2D eigenvalue weighted by molar-refractivity contribution is 7.99. The van der Waals surface area contributed by atoms with Gasteiger partial charge in [0, 0.05) is 6.20 Å². The number of carbonyl (C=O) groups excluding carboxylic acids is 1. The highest BCUT2D eigenvalue weighted by atomic mass is 35.5. The summed E-state index contributed by atoms with van der Waals surface area (Å²) in [6.07, 6.45) is 3.46. The van der Waals surface area contributed by atoms with E-state index in [1.54, 1.807) is 30.1 Å². The maximum absolute atomic E-state index is 12.1. The van der Waals surface area contributed by atoms with Crippen LogP contribution < -0.4 is 5.32 Å². The smallest absolute Gasteiger partial charge is 0.234 e. The number of aryl methyl sites for hydroxylation is 1. The third-order valence-corrected chi connectivity index (χ3v) is 6.15. The van der Waals surface area contributed by atoms with Crippen LogP contribution in [0.4, 0.5) is 5.69 Å². The quantitative estimate of drug-likeness (QED) is 0.383. The van der Waals surface area contributed by atoms with E-state index in [1.165, 1.54) is 5.56 Å². The Balaban J connectivity index is 1.93. The number of aromatic hydroxyl groups is 1. The Morgan fingerprint density at radius 3 is 2.27 bits per heavy atom. The highest BCUT2D eigenvalue weighted by Crippen LogP contribution is 2.40. The number of amides is 1. The van der Waals surface area contributed by atoms with Crippen LogP contribution in [0.15, 0.2) is 30.5 Å². The topological polar surface area (TPSA) is 62.2 Å². The molecule has 0 unspecified atom stereocenters. The maximum Gasteiger partial charge on any atom is 0.234 e. The van der Waals surface area contributed by atoms with Gasteiger partial charge in [-0.05, 0) is 58.2 Å². The van der Waals surface area contributed by atoms with Gasteiger partial charge in [0.15, 0.2) is 5.15 Å². The van der Waals surface area contributed by atoms with Crippen molar-refractivity contribution in [2.24, 2.45) is 0 Å². The third kappa shape index (κ3) is 6.92. The summed E-state index contributed by atoms with van der Waals surface area (Å²) in [6, 6.07) is 7.74. The van der Waals surface area contributed by atoms with Gasteiger partial charge in [0.1, 0.15) is 5.75 Å². The molecule has 0 aliphatic carbocycles. The van der Waals surface area contributed by atoms with Crippen molar-refractivity contribution < 1.29 is 9.90 Å². The molecule has 0 radical (unpaired) electrons. The zero-order valence-corrected chi connectivity index (χ0v) is 20.4. The lowest BCUT2D eigenvalue weighted by Crippen LogP contribution is -2.18. The molecule has 1 amide bonds. The lowest BCUT2D eigenvalue weighted by molar-refractivity contribution is -0.113. The van der Waals surface area contributed by atoms with Crippen molar-refractivity contribution in [2.45, 2.75) is 65.2 Å². The highest BCUT2D eigenvalue weighted by Gasteiger charge is 2.26. The Kier molecular flexibility index (Phi) is 8.23. The van der Waals surface area contributed by atoms with Crippen molar-refractivity contribution in [1.29, 1.82) is 0 Å². The summed E-state index contributed by atoms with van der Waals surface area (Å²) in [7, 11) is 0. The number of phenolic OH excluding ortho intramolecular Hbond substituents is 1. The average molecular weight is 449 g/mol. The largest absolute Gasteiger partial charge is 0.507 e. The Hall–Kier alpha value is -1.72. The molecular formula is C24H33ClN2O2S. The van der Waals surface area contributed by atoms with Crippen molar-refractivity contribution in [1.82, 2.24) is 4.98 Å². The summed E-state index contributed by atoms with van der Waals surface area (Å²) >= 11 is 7.57. The first-order valence-corrected chi connectivity index (χ1v) is 11.8. The van der Waals surface area contributed by atoms with Gasteiger partial charge >= 0.3 is 0 Å². The van der Waals surface area contributed by atoms with Crippen LogP contribution >= 0.6 is 23.4 Å². The monoisotopic (exact) mass is 448 g/mol. The number of nitrogens with one attached hydrogen (secondary N) is 1. The van der Waals surface area contributed by atoms with E-state index in [2.05, 4.69) is 64.0 Å². The number of rotatable bonds is 7. The van der Waals surface area contributed by atoms with Crippen LogP contribution in [-0.2, 0) is 22.0 Å². The number of hydrogen-bond acceptors (Lipinski definition) is 4. The van der Waals surface area contributed by atoms with Crippen molar-refractivity contribution in [3.05, 3.63) is 52.3 Å². The van der Waals surface area contributed by atoms with Crippen LogP contribution in [0.5, 0.6) is 5.75 Å². The van der Waals surface area contributed by atoms with E-state index in [0.717, 1.165) is 29.7 Å². The van der Waals surface area contributed by atoms with Crippen molar-refractivity contribution >= 4 is 35.0 Å². The van der Waals surface area contributed by atoms with Gasteiger partial charge in [-0.1, -0.05) is 65.3 Å². The number of nitrogens with zero attached hydrogens (tertiary/aromatic N) is 1. The molecule has 2 N–H and O–H groups in total. The Labute approximate surface area is 189 Å². The van der Waals surface area contributed by atoms with Crippen LogP contribution in [-0.4, -0.2) is 27.5 Å². The summed E-state index contributed by atoms with van der Waals surface area (Å²) in [5, 5.41) is 13.9. The number of anilines is 1. The summed E-state index contributed by atoms with van der Waals surface area (Å²) in [6.45, 7) is 12.8. The zero-order chi connectivity index (χ0) is 22.5. The molecule has 1 heterocycles. The minimum atomic E-state index is -0.125. The number of phenols is 1. The number of halogens is 1. The zero-order valence-electron chi connectivity index (χ0n) is 18.8. The van der Waals surface area contributed by atoms with Crippen LogP contribution in [0.3, 0.4) is 0 Å². The van der Waals surface area contributed by atoms with E-state index in [0.29, 0.717) is 22.3 Å². The second kappa shape index (κ2) is 10.1. The predicted octanol–water partition coefficient (Wildman–Crippen LogP) is 6.34. The molecule has 4 nitrogen and oxygen atoms in total. The summed E-state index contributed by atoms with van der Waals surface area (Å²) in [5.41, 5.74) is 3.50. The molecule has 2 rings (SSSR count). The first-order valence-electron chi connectivity index (χ1n) is 10.2. The SMILES string of the molecule is CC(C)(C)c1cc(CCCSCC(=O)Nc2cccnc2Cl)cc(C(C)(C)C)c1O. The van der Waals surface area contributed by atoms with Crippen LogP contribution in [0.2, 0.25) is 5.15 Å². The Morgan fingerprint density at radius 2 is 1.73 bits per heavy atom. The second-order valence-electron chi connectivity index (χ2n) is 9.59. The van der Waals surface area contributed by atoms with Crippen molar-refractivity contribution in [2.75, 3.05) is 16.8 Å². The molecule has 0 fully saturated rings. The third-order valence-electron chi connectivity index (χ3n) is 4.81. The maximum atomic E-state index is 12.1. The fourth-order valence-corrected chi connectivity index (χ4v) is 4.11. The molecule has 6 heteroatoms. The van der Waals surface area contributed by atoms with Gasteiger partial charge in [-0.3, -0.25) is 4.79 Å². The van der Waals surface area contributed by atoms with E-state index < -0.39 is 0 Å². The molecule has 1 aromatic heterocycles.